The predicted molar refractivity (Wildman–Crippen MR) is 115 cm³/mol. The molecular formula is C21H22N4OS2. The van der Waals surface area contributed by atoms with E-state index < -0.39 is 0 Å². The molecule has 144 valence electrons. The first-order chi connectivity index (χ1) is 13.7. The molecule has 1 atom stereocenters. The Bertz CT molecular complexity index is 1030. The van der Waals surface area contributed by atoms with Crippen LogP contribution in [0.5, 0.6) is 0 Å². The summed E-state index contributed by atoms with van der Waals surface area (Å²) in [7, 11) is 0. The third kappa shape index (κ3) is 3.49. The van der Waals surface area contributed by atoms with E-state index in [0.29, 0.717) is 17.0 Å². The van der Waals surface area contributed by atoms with Crippen molar-refractivity contribution in [2.24, 2.45) is 0 Å². The van der Waals surface area contributed by atoms with Gasteiger partial charge in [-0.25, -0.2) is 9.97 Å². The van der Waals surface area contributed by atoms with Crippen molar-refractivity contribution in [2.75, 3.05) is 5.73 Å². The van der Waals surface area contributed by atoms with Gasteiger partial charge in [-0.05, 0) is 49.7 Å². The predicted octanol–water partition coefficient (Wildman–Crippen LogP) is 4.26. The standard InChI is InChI=1S/C21H22N4OS2/c22-18-16-14-8-4-5-9-15(14)27-20(16)25-21(24-18)28-17(12-6-2-1-3-7-12)19(26)23-13-10-11-13/h1-3,6-7,13,17H,4-5,8-11H2,(H,23,26)(H2,22,24,25). The molecule has 28 heavy (non-hydrogen) atoms. The number of carbonyl (C=O) groups excluding carboxylic acids is 1. The Morgan fingerprint density at radius 1 is 1.18 bits per heavy atom. The highest BCUT2D eigenvalue weighted by Gasteiger charge is 2.30. The summed E-state index contributed by atoms with van der Waals surface area (Å²) in [6.45, 7) is 0. The first-order valence-electron chi connectivity index (χ1n) is 9.79. The van der Waals surface area contributed by atoms with Crippen molar-refractivity contribution in [3.63, 3.8) is 0 Å². The zero-order chi connectivity index (χ0) is 19.1. The number of nitrogens with zero attached hydrogens (tertiary/aromatic N) is 2. The van der Waals surface area contributed by atoms with E-state index in [2.05, 4.69) is 10.3 Å². The van der Waals surface area contributed by atoms with E-state index in [1.54, 1.807) is 11.3 Å². The number of amides is 1. The highest BCUT2D eigenvalue weighted by atomic mass is 32.2. The highest BCUT2D eigenvalue weighted by molar-refractivity contribution is 8.00. The molecule has 1 amide bonds. The molecule has 7 heteroatoms. The van der Waals surface area contributed by atoms with Crippen LogP contribution in [0.1, 0.15) is 46.9 Å². The second-order valence-electron chi connectivity index (χ2n) is 7.47. The van der Waals surface area contributed by atoms with E-state index in [1.807, 2.05) is 30.3 Å². The summed E-state index contributed by atoms with van der Waals surface area (Å²) >= 11 is 3.12. The monoisotopic (exact) mass is 410 g/mol. The number of fused-ring (bicyclic) bond motifs is 3. The molecule has 2 heterocycles. The molecule has 3 aromatic rings. The number of thioether (sulfide) groups is 1. The van der Waals surface area contributed by atoms with Crippen molar-refractivity contribution >= 4 is 45.0 Å². The van der Waals surface area contributed by atoms with Gasteiger partial charge in [-0.2, -0.15) is 0 Å². The highest BCUT2D eigenvalue weighted by Crippen LogP contribution is 2.41. The number of aromatic nitrogens is 2. The van der Waals surface area contributed by atoms with Gasteiger partial charge in [-0.3, -0.25) is 4.79 Å². The molecule has 0 bridgehead atoms. The maximum atomic E-state index is 12.9. The number of carbonyl (C=O) groups is 1. The quantitative estimate of drug-likeness (QED) is 0.485. The van der Waals surface area contributed by atoms with Gasteiger partial charge < -0.3 is 11.1 Å². The van der Waals surface area contributed by atoms with Crippen LogP contribution in [0.25, 0.3) is 10.2 Å². The summed E-state index contributed by atoms with van der Waals surface area (Å²) in [5.41, 5.74) is 8.64. The number of nitrogen functional groups attached to an aromatic ring is 1. The Hall–Kier alpha value is -2.12. The number of aryl methyl sites for hydroxylation is 2. The van der Waals surface area contributed by atoms with E-state index in [9.17, 15) is 4.79 Å². The Morgan fingerprint density at radius 3 is 2.75 bits per heavy atom. The second kappa shape index (κ2) is 7.37. The summed E-state index contributed by atoms with van der Waals surface area (Å²) in [5.74, 6) is 0.563. The minimum absolute atomic E-state index is 0.0199. The zero-order valence-electron chi connectivity index (χ0n) is 15.5. The minimum Gasteiger partial charge on any atom is -0.383 e. The molecule has 0 aliphatic heterocycles. The zero-order valence-corrected chi connectivity index (χ0v) is 17.1. The van der Waals surface area contributed by atoms with Crippen molar-refractivity contribution in [1.82, 2.24) is 15.3 Å². The smallest absolute Gasteiger partial charge is 0.238 e. The lowest BCUT2D eigenvalue weighted by Crippen LogP contribution is -2.29. The minimum atomic E-state index is -0.381. The topological polar surface area (TPSA) is 80.9 Å². The lowest BCUT2D eigenvalue weighted by Gasteiger charge is -2.16. The molecule has 1 fully saturated rings. The molecule has 1 aromatic carbocycles. The van der Waals surface area contributed by atoms with Crippen LogP contribution < -0.4 is 11.1 Å². The van der Waals surface area contributed by atoms with Crippen LogP contribution >= 0.6 is 23.1 Å². The Labute approximate surface area is 172 Å². The van der Waals surface area contributed by atoms with Crippen molar-refractivity contribution in [3.05, 3.63) is 46.3 Å². The molecule has 2 aliphatic carbocycles. The van der Waals surface area contributed by atoms with E-state index >= 15 is 0 Å². The number of hydrogen-bond acceptors (Lipinski definition) is 6. The van der Waals surface area contributed by atoms with Gasteiger partial charge >= 0.3 is 0 Å². The number of nitrogens with two attached hydrogens (primary N) is 1. The summed E-state index contributed by atoms with van der Waals surface area (Å²) in [4.78, 5) is 24.6. The molecule has 0 spiro atoms. The molecule has 1 saturated carbocycles. The number of benzene rings is 1. The van der Waals surface area contributed by atoms with Gasteiger partial charge in [-0.1, -0.05) is 42.1 Å². The van der Waals surface area contributed by atoms with Gasteiger partial charge in [0, 0.05) is 10.9 Å². The second-order valence-corrected chi connectivity index (χ2v) is 9.63. The molecule has 5 nitrogen and oxygen atoms in total. The van der Waals surface area contributed by atoms with E-state index in [-0.39, 0.29) is 11.2 Å². The largest absolute Gasteiger partial charge is 0.383 e. The number of rotatable bonds is 5. The van der Waals surface area contributed by atoms with E-state index in [1.165, 1.54) is 35.0 Å². The van der Waals surface area contributed by atoms with Crippen molar-refractivity contribution in [3.8, 4) is 0 Å². The molecule has 2 aliphatic rings. The van der Waals surface area contributed by atoms with Gasteiger partial charge in [0.1, 0.15) is 15.9 Å². The SMILES string of the molecule is Nc1nc(SC(C(=O)NC2CC2)c2ccccc2)nc2sc3c(c12)CCCC3. The fourth-order valence-corrected chi connectivity index (χ4v) is 6.03. The number of anilines is 1. The summed E-state index contributed by atoms with van der Waals surface area (Å²) in [5, 5.41) is 4.34. The third-order valence-corrected chi connectivity index (χ3v) is 7.61. The van der Waals surface area contributed by atoms with Crippen molar-refractivity contribution in [2.45, 2.75) is 55.0 Å². The van der Waals surface area contributed by atoms with Crippen LogP contribution in [0.4, 0.5) is 5.82 Å². The molecule has 0 radical (unpaired) electrons. The average molecular weight is 411 g/mol. The van der Waals surface area contributed by atoms with Crippen LogP contribution in [0, 0.1) is 0 Å². The maximum Gasteiger partial charge on any atom is 0.238 e. The summed E-state index contributed by atoms with van der Waals surface area (Å²) in [6.07, 6.45) is 6.72. The van der Waals surface area contributed by atoms with Gasteiger partial charge in [0.05, 0.1) is 5.39 Å². The fraction of sp³-hybridized carbons (Fsp3) is 0.381. The number of nitrogens with one attached hydrogen (secondary N) is 1. The number of hydrogen-bond donors (Lipinski definition) is 2. The molecular weight excluding hydrogens is 388 g/mol. The first kappa shape index (κ1) is 17.9. The van der Waals surface area contributed by atoms with E-state index in [0.717, 1.165) is 41.5 Å². The van der Waals surface area contributed by atoms with Gasteiger partial charge in [0.15, 0.2) is 5.16 Å². The average Bonchev–Trinajstić information content (AvgIpc) is 3.43. The summed E-state index contributed by atoms with van der Waals surface area (Å²) in [6, 6.07) is 10.2. The third-order valence-electron chi connectivity index (χ3n) is 5.31. The lowest BCUT2D eigenvalue weighted by molar-refractivity contribution is -0.120. The molecule has 2 aromatic heterocycles. The van der Waals surface area contributed by atoms with E-state index in [4.69, 9.17) is 10.7 Å². The van der Waals surface area contributed by atoms with Crippen molar-refractivity contribution in [1.29, 1.82) is 0 Å². The van der Waals surface area contributed by atoms with Gasteiger partial charge in [0.2, 0.25) is 5.91 Å². The van der Waals surface area contributed by atoms with Crippen LogP contribution in [-0.4, -0.2) is 21.9 Å². The van der Waals surface area contributed by atoms with Crippen LogP contribution in [-0.2, 0) is 17.6 Å². The Morgan fingerprint density at radius 2 is 1.96 bits per heavy atom. The van der Waals surface area contributed by atoms with Crippen molar-refractivity contribution < 1.29 is 4.79 Å². The molecule has 5 rings (SSSR count). The summed E-state index contributed by atoms with van der Waals surface area (Å²) < 4.78 is 0. The Kier molecular flexibility index (Phi) is 4.72. The van der Waals surface area contributed by atoms with Crippen LogP contribution in [0.15, 0.2) is 35.5 Å². The van der Waals surface area contributed by atoms with Gasteiger partial charge in [0.25, 0.3) is 0 Å². The Balaban J connectivity index is 1.49. The van der Waals surface area contributed by atoms with Crippen LogP contribution in [0.3, 0.4) is 0 Å². The normalized spacial score (nSPS) is 17.3. The lowest BCUT2D eigenvalue weighted by atomic mass is 9.97. The van der Waals surface area contributed by atoms with Gasteiger partial charge in [-0.15, -0.1) is 11.3 Å². The first-order valence-corrected chi connectivity index (χ1v) is 11.5. The molecule has 1 unspecified atom stereocenters. The maximum absolute atomic E-state index is 12.9. The fourth-order valence-electron chi connectivity index (χ4n) is 3.73. The molecule has 0 saturated heterocycles. The number of thiophene rings is 1. The van der Waals surface area contributed by atoms with Crippen LogP contribution in [0.2, 0.25) is 0 Å². The molecule has 3 N–H and O–H groups in total.